The van der Waals surface area contributed by atoms with E-state index in [4.69, 9.17) is 15.5 Å². The number of carbonyl (C=O) groups excluding carboxylic acids is 2. The van der Waals surface area contributed by atoms with Gasteiger partial charge in [-0.1, -0.05) is 17.8 Å². The summed E-state index contributed by atoms with van der Waals surface area (Å²) < 4.78 is 19.7. The van der Waals surface area contributed by atoms with Gasteiger partial charge in [-0.3, -0.25) is 9.59 Å². The van der Waals surface area contributed by atoms with Gasteiger partial charge in [-0.05, 0) is 62.5 Å². The molecule has 35 heavy (non-hydrogen) atoms. The van der Waals surface area contributed by atoms with E-state index in [1.54, 1.807) is 36.5 Å². The van der Waals surface area contributed by atoms with E-state index in [0.29, 0.717) is 40.2 Å². The number of likely N-dealkylation sites (N-methyl/N-ethyl adjacent to an activating group) is 1. The molecule has 8 nitrogen and oxygen atoms in total. The largest absolute Gasteiger partial charge is 0.472 e. The summed E-state index contributed by atoms with van der Waals surface area (Å²) in [5.41, 5.74) is 6.37. The smallest absolute Gasteiger partial charge is 0.248 e. The summed E-state index contributed by atoms with van der Waals surface area (Å²) in [5.74, 6) is -0.114. The van der Waals surface area contributed by atoms with Crippen molar-refractivity contribution in [3.8, 4) is 5.88 Å². The Hall–Kier alpha value is -3.50. The summed E-state index contributed by atoms with van der Waals surface area (Å²) in [6.45, 7) is 1.75. The van der Waals surface area contributed by atoms with Crippen molar-refractivity contribution in [1.29, 1.82) is 0 Å². The summed E-state index contributed by atoms with van der Waals surface area (Å²) in [4.78, 5) is 37.6. The molecular weight excluding hydrogens is 469 g/mol. The Morgan fingerprint density at radius 2 is 2.06 bits per heavy atom. The van der Waals surface area contributed by atoms with Crippen molar-refractivity contribution in [3.05, 3.63) is 71.2 Å². The maximum absolute atomic E-state index is 13.7. The second-order valence-corrected chi connectivity index (χ2v) is 9.56. The van der Waals surface area contributed by atoms with Gasteiger partial charge < -0.3 is 20.3 Å². The second-order valence-electron chi connectivity index (χ2n) is 8.44. The lowest BCUT2D eigenvalue weighted by atomic mass is 10.1. The highest BCUT2D eigenvalue weighted by Gasteiger charge is 2.26. The number of primary amides is 1. The Kier molecular flexibility index (Phi) is 7.62. The molecule has 1 amide bonds. The molecule has 1 aliphatic heterocycles. The molecule has 1 fully saturated rings. The average molecular weight is 496 g/mol. The Morgan fingerprint density at radius 1 is 1.29 bits per heavy atom. The van der Waals surface area contributed by atoms with E-state index < -0.39 is 11.7 Å². The highest BCUT2D eigenvalue weighted by molar-refractivity contribution is 7.99. The van der Waals surface area contributed by atoms with Gasteiger partial charge in [0, 0.05) is 29.6 Å². The predicted octanol–water partition coefficient (Wildman–Crippen LogP) is 3.40. The van der Waals surface area contributed by atoms with E-state index in [1.165, 1.54) is 23.9 Å². The molecule has 0 spiro atoms. The van der Waals surface area contributed by atoms with Crippen LogP contribution in [-0.4, -0.2) is 60.3 Å². The monoisotopic (exact) mass is 495 g/mol. The first-order valence-electron chi connectivity index (χ1n) is 11.1. The minimum Gasteiger partial charge on any atom is -0.472 e. The fourth-order valence-corrected chi connectivity index (χ4v) is 4.58. The molecule has 0 aliphatic carbocycles. The zero-order chi connectivity index (χ0) is 24.9. The quantitative estimate of drug-likeness (QED) is 0.451. The van der Waals surface area contributed by atoms with Gasteiger partial charge in [-0.15, -0.1) is 0 Å². The molecule has 4 rings (SSSR count). The van der Waals surface area contributed by atoms with Crippen molar-refractivity contribution in [2.24, 2.45) is 5.73 Å². The Bertz CT molecular complexity index is 1220. The van der Waals surface area contributed by atoms with Crippen LogP contribution in [0.1, 0.15) is 32.7 Å². The molecule has 1 aliphatic rings. The lowest BCUT2D eigenvalue weighted by molar-refractivity contribution is 0.0999. The van der Waals surface area contributed by atoms with Gasteiger partial charge in [0.25, 0.3) is 0 Å². The van der Waals surface area contributed by atoms with Gasteiger partial charge >= 0.3 is 0 Å². The van der Waals surface area contributed by atoms with Crippen LogP contribution in [0.2, 0.25) is 0 Å². The molecular formula is C25H26FN5O3S. The number of aldehydes is 1. The molecule has 0 bridgehead atoms. The number of amides is 1. The van der Waals surface area contributed by atoms with Gasteiger partial charge in [-0.25, -0.2) is 9.37 Å². The topological polar surface area (TPSA) is 102 Å². The van der Waals surface area contributed by atoms with Crippen LogP contribution in [-0.2, 0) is 6.61 Å². The van der Waals surface area contributed by atoms with E-state index in [0.717, 1.165) is 24.4 Å². The summed E-state index contributed by atoms with van der Waals surface area (Å²) in [7, 11) is 4.12. The number of hydrogen-bond acceptors (Lipinski definition) is 8. The third-order valence-electron chi connectivity index (χ3n) is 5.82. The van der Waals surface area contributed by atoms with Gasteiger partial charge in [0.05, 0.1) is 16.7 Å². The van der Waals surface area contributed by atoms with Crippen LogP contribution in [0.15, 0.2) is 58.5 Å². The van der Waals surface area contributed by atoms with Gasteiger partial charge in [0.15, 0.2) is 6.29 Å². The van der Waals surface area contributed by atoms with Crippen LogP contribution in [0.4, 0.5) is 10.3 Å². The second kappa shape index (κ2) is 10.8. The number of anilines is 1. The number of ether oxygens (including phenoxy) is 1. The minimum absolute atomic E-state index is 0.0228. The van der Waals surface area contributed by atoms with Crippen LogP contribution >= 0.6 is 11.8 Å². The Labute approximate surface area is 207 Å². The van der Waals surface area contributed by atoms with Crippen molar-refractivity contribution >= 4 is 29.9 Å². The summed E-state index contributed by atoms with van der Waals surface area (Å²) in [6.07, 6.45) is 3.21. The van der Waals surface area contributed by atoms with E-state index in [9.17, 15) is 14.0 Å². The average Bonchev–Trinajstić information content (AvgIpc) is 3.35. The fraction of sp³-hybridized carbons (Fsp3) is 0.280. The van der Waals surface area contributed by atoms with E-state index in [1.807, 2.05) is 0 Å². The fourth-order valence-electron chi connectivity index (χ4n) is 3.76. The number of rotatable bonds is 9. The molecule has 182 valence electrons. The molecule has 2 heterocycles. The molecule has 2 aromatic carbocycles. The normalized spacial score (nSPS) is 15.4. The maximum Gasteiger partial charge on any atom is 0.248 e. The number of nitrogens with two attached hydrogens (primary N) is 1. The van der Waals surface area contributed by atoms with Crippen LogP contribution in [0, 0.1) is 5.82 Å². The zero-order valence-electron chi connectivity index (χ0n) is 19.5. The number of nitrogens with zero attached hydrogens (tertiary/aromatic N) is 4. The van der Waals surface area contributed by atoms with Crippen molar-refractivity contribution < 1.29 is 18.7 Å². The number of hydrogen-bond donors (Lipinski definition) is 1. The SMILES string of the molecule is CN(C)[C@@H]1CCN(c2ncc(Sc3ccc(C(N)=O)cc3)c(OCc3ccc(F)c(C=O)c3)n2)C1. The number of benzene rings is 2. The Balaban J connectivity index is 1.59. The molecule has 2 N–H and O–H groups in total. The molecule has 0 radical (unpaired) electrons. The number of halogens is 1. The van der Waals surface area contributed by atoms with Crippen molar-refractivity contribution in [3.63, 3.8) is 0 Å². The van der Waals surface area contributed by atoms with Gasteiger partial charge in [0.2, 0.25) is 17.7 Å². The van der Waals surface area contributed by atoms with Crippen molar-refractivity contribution in [1.82, 2.24) is 14.9 Å². The van der Waals surface area contributed by atoms with Crippen LogP contribution < -0.4 is 15.4 Å². The van der Waals surface area contributed by atoms with E-state index in [-0.39, 0.29) is 12.2 Å². The van der Waals surface area contributed by atoms with E-state index >= 15 is 0 Å². The first-order chi connectivity index (χ1) is 16.8. The van der Waals surface area contributed by atoms with Crippen molar-refractivity contribution in [2.45, 2.75) is 28.9 Å². The van der Waals surface area contributed by atoms with Gasteiger partial charge in [0.1, 0.15) is 12.4 Å². The van der Waals surface area contributed by atoms with Crippen LogP contribution in [0.3, 0.4) is 0 Å². The summed E-state index contributed by atoms with van der Waals surface area (Å²) in [5, 5.41) is 0. The molecule has 0 saturated carbocycles. The first-order valence-corrected chi connectivity index (χ1v) is 11.9. The third kappa shape index (κ3) is 5.95. The molecule has 10 heteroatoms. The minimum atomic E-state index is -0.576. The molecule has 1 saturated heterocycles. The molecule has 1 atom stereocenters. The molecule has 1 aromatic heterocycles. The lowest BCUT2D eigenvalue weighted by Gasteiger charge is -2.21. The van der Waals surface area contributed by atoms with E-state index in [2.05, 4.69) is 28.9 Å². The summed E-state index contributed by atoms with van der Waals surface area (Å²) >= 11 is 1.39. The maximum atomic E-state index is 13.7. The highest BCUT2D eigenvalue weighted by Crippen LogP contribution is 2.35. The van der Waals surface area contributed by atoms with Crippen LogP contribution in [0.25, 0.3) is 0 Å². The lowest BCUT2D eigenvalue weighted by Crippen LogP contribution is -2.32. The number of aromatic nitrogens is 2. The molecule has 3 aromatic rings. The highest BCUT2D eigenvalue weighted by atomic mass is 32.2. The standard InChI is InChI=1S/C25H26FN5O3S/c1-30(2)19-9-10-31(13-19)25-28-12-22(35-20-6-4-17(5-7-20)23(27)33)24(29-25)34-15-16-3-8-21(26)18(11-16)14-32/h3-8,11-12,14,19H,9-10,13,15H2,1-2H3,(H2,27,33)/t19-/m1/s1. The third-order valence-corrected chi connectivity index (χ3v) is 6.82. The van der Waals surface area contributed by atoms with Gasteiger partial charge in [-0.2, -0.15) is 4.98 Å². The predicted molar refractivity (Wildman–Crippen MR) is 132 cm³/mol. The van der Waals surface area contributed by atoms with Crippen molar-refractivity contribution in [2.75, 3.05) is 32.1 Å². The zero-order valence-corrected chi connectivity index (χ0v) is 20.3. The first kappa shape index (κ1) is 24.6. The summed E-state index contributed by atoms with van der Waals surface area (Å²) in [6, 6.07) is 11.6. The number of carbonyl (C=O) groups is 2. The van der Waals surface area contributed by atoms with Crippen LogP contribution in [0.5, 0.6) is 5.88 Å². The Morgan fingerprint density at radius 3 is 2.71 bits per heavy atom. The molecule has 0 unspecified atom stereocenters.